The number of rotatable bonds is 11. The summed E-state index contributed by atoms with van der Waals surface area (Å²) in [6.07, 6.45) is -1.59. The van der Waals surface area contributed by atoms with Crippen LogP contribution in [0.1, 0.15) is 58.8 Å². The van der Waals surface area contributed by atoms with Crippen LogP contribution >= 0.6 is 0 Å². The molecule has 4 bridgehead atoms. The van der Waals surface area contributed by atoms with Gasteiger partial charge in [0.2, 0.25) is 0 Å². The van der Waals surface area contributed by atoms with Gasteiger partial charge in [0.1, 0.15) is 12.2 Å². The summed E-state index contributed by atoms with van der Waals surface area (Å²) >= 11 is 0. The Kier molecular flexibility index (Phi) is 7.62. The summed E-state index contributed by atoms with van der Waals surface area (Å²) in [4.78, 5) is 50.1. The Balaban J connectivity index is 1.14. The predicted octanol–water partition coefficient (Wildman–Crippen LogP) is 1.99. The van der Waals surface area contributed by atoms with Crippen molar-refractivity contribution in [2.45, 2.75) is 94.8 Å². The van der Waals surface area contributed by atoms with Crippen LogP contribution in [0, 0.1) is 35.5 Å². The minimum absolute atomic E-state index is 0.0325. The molecule has 1 saturated heterocycles. The molecule has 1 aliphatic heterocycles. The van der Waals surface area contributed by atoms with Crippen LogP contribution in [0.2, 0.25) is 0 Å². The lowest BCUT2D eigenvalue weighted by atomic mass is 9.78. The third-order valence-electron chi connectivity index (χ3n) is 9.07. The first-order valence-electron chi connectivity index (χ1n) is 13.5. The zero-order chi connectivity index (χ0) is 29.1. The van der Waals surface area contributed by atoms with Crippen LogP contribution in [0.4, 0.5) is 8.78 Å². The monoisotopic (exact) mass is 594 g/mol. The van der Waals surface area contributed by atoms with Gasteiger partial charge in [-0.25, -0.2) is 0 Å². The Morgan fingerprint density at radius 1 is 1.05 bits per heavy atom. The van der Waals surface area contributed by atoms with E-state index in [2.05, 4.69) is 4.74 Å². The van der Waals surface area contributed by atoms with Gasteiger partial charge < -0.3 is 23.7 Å². The van der Waals surface area contributed by atoms with Crippen molar-refractivity contribution in [2.24, 2.45) is 35.5 Å². The molecule has 11 atom stereocenters. The smallest absolute Gasteiger partial charge is 0.405 e. The lowest BCUT2D eigenvalue weighted by Crippen LogP contribution is -2.44. The lowest BCUT2D eigenvalue weighted by molar-refractivity contribution is -0.198. The normalized spacial score (nSPS) is 37.2. The first kappa shape index (κ1) is 29.1. The highest BCUT2D eigenvalue weighted by Crippen LogP contribution is 2.59. The Morgan fingerprint density at radius 2 is 1.75 bits per heavy atom. The van der Waals surface area contributed by atoms with Crippen LogP contribution in [-0.2, 0) is 53.0 Å². The van der Waals surface area contributed by atoms with Crippen molar-refractivity contribution in [3.05, 3.63) is 0 Å². The zero-order valence-corrected chi connectivity index (χ0v) is 22.7. The molecular weight excluding hydrogens is 562 g/mol. The number of alkyl halides is 2. The fourth-order valence-electron chi connectivity index (χ4n) is 7.29. The maximum Gasteiger partial charge on any atom is 0.405 e. The molecule has 12 nitrogen and oxygen atoms in total. The molecule has 0 aromatic carbocycles. The summed E-state index contributed by atoms with van der Waals surface area (Å²) in [7, 11) is -5.83. The van der Waals surface area contributed by atoms with Gasteiger partial charge in [-0.1, -0.05) is 0 Å². The molecule has 15 heteroatoms. The van der Waals surface area contributed by atoms with Crippen molar-refractivity contribution < 1.29 is 64.6 Å². The second-order valence-corrected chi connectivity index (χ2v) is 13.0. The molecule has 224 valence electrons. The highest BCUT2D eigenvalue weighted by molar-refractivity contribution is 7.86. The van der Waals surface area contributed by atoms with Crippen LogP contribution in [0.25, 0.3) is 0 Å². The van der Waals surface area contributed by atoms with Gasteiger partial charge in [-0.2, -0.15) is 17.2 Å². The first-order chi connectivity index (χ1) is 18.7. The second-order valence-electron chi connectivity index (χ2n) is 11.5. The Hall–Kier alpha value is -2.39. The van der Waals surface area contributed by atoms with Crippen molar-refractivity contribution in [1.29, 1.82) is 0 Å². The van der Waals surface area contributed by atoms with Gasteiger partial charge in [0.05, 0.1) is 30.8 Å². The third kappa shape index (κ3) is 5.20. The molecule has 40 heavy (non-hydrogen) atoms. The molecule has 0 aromatic rings. The minimum Gasteiger partial charge on any atom is -0.458 e. The fraction of sp³-hybridized carbons (Fsp3) is 0.840. The molecular formula is C25H32F2O12S. The summed E-state index contributed by atoms with van der Waals surface area (Å²) < 4.78 is 84.2. The Labute approximate surface area is 229 Å². The average molecular weight is 595 g/mol. The van der Waals surface area contributed by atoms with Crippen LogP contribution in [0.3, 0.4) is 0 Å². The van der Waals surface area contributed by atoms with Gasteiger partial charge in [0.25, 0.3) is 0 Å². The van der Waals surface area contributed by atoms with Crippen LogP contribution in [0.15, 0.2) is 0 Å². The van der Waals surface area contributed by atoms with E-state index in [0.29, 0.717) is 25.2 Å². The highest BCUT2D eigenvalue weighted by atomic mass is 32.2. The number of ether oxygens (including phenoxy) is 5. The molecule has 0 aromatic heterocycles. The summed E-state index contributed by atoms with van der Waals surface area (Å²) in [5.41, 5.74) is 0. The first-order valence-corrected chi connectivity index (χ1v) is 14.9. The Morgan fingerprint density at radius 3 is 2.38 bits per heavy atom. The number of carbonyl (C=O) groups is 4. The quantitative estimate of drug-likeness (QED) is 0.160. The van der Waals surface area contributed by atoms with E-state index in [-0.39, 0.29) is 12.0 Å². The van der Waals surface area contributed by atoms with E-state index in [1.807, 2.05) is 0 Å². The third-order valence-corrected chi connectivity index (χ3v) is 10.1. The van der Waals surface area contributed by atoms with Gasteiger partial charge in [-0.3, -0.25) is 23.7 Å². The van der Waals surface area contributed by atoms with Crippen LogP contribution in [-0.4, -0.2) is 72.8 Å². The molecule has 11 unspecified atom stereocenters. The van der Waals surface area contributed by atoms with E-state index in [0.717, 1.165) is 19.3 Å². The summed E-state index contributed by atoms with van der Waals surface area (Å²) in [6, 6.07) is 0. The molecule has 0 radical (unpaired) electrons. The second kappa shape index (κ2) is 10.5. The molecule has 0 amide bonds. The maximum absolute atomic E-state index is 13.6. The van der Waals surface area contributed by atoms with Crippen LogP contribution < -0.4 is 0 Å². The number of esters is 4. The number of carbonyl (C=O) groups excluding carboxylic acids is 4. The molecule has 5 aliphatic rings. The highest BCUT2D eigenvalue weighted by Gasteiger charge is 2.70. The molecule has 4 aliphatic carbocycles. The molecule has 1 N–H and O–H groups in total. The van der Waals surface area contributed by atoms with Crippen molar-refractivity contribution in [3.63, 3.8) is 0 Å². The van der Waals surface area contributed by atoms with E-state index in [9.17, 15) is 36.4 Å². The predicted molar refractivity (Wildman–Crippen MR) is 125 cm³/mol. The maximum atomic E-state index is 13.6. The van der Waals surface area contributed by atoms with E-state index in [1.165, 1.54) is 6.42 Å². The van der Waals surface area contributed by atoms with Crippen molar-refractivity contribution >= 4 is 34.0 Å². The SMILES string of the molecule is CC(OC(=O)C1C2CC3C(OC(=O)C31)C2OC(=O)CCC(=O)OC(C)C(F)(F)S(=O)(=O)O)OC1CC2CCC1C2. The number of hydrogen-bond acceptors (Lipinski definition) is 11. The molecule has 5 fully saturated rings. The van der Waals surface area contributed by atoms with Crippen molar-refractivity contribution in [3.8, 4) is 0 Å². The lowest BCUT2D eigenvalue weighted by Gasteiger charge is -2.31. The van der Waals surface area contributed by atoms with Crippen LogP contribution in [0.5, 0.6) is 0 Å². The standard InChI is InChI=1S/C25H32F2O12S/c1-10(25(26,27)40(32,33)34)35-17(28)5-6-18(29)38-21-14-9-15-20(24(31)39-22(15)21)19(14)23(30)37-11(2)36-16-8-12-3-4-13(16)7-12/h10-16,19-22H,3-9H2,1-2H3,(H,32,33,34). The van der Waals surface area contributed by atoms with Gasteiger partial charge in [0.15, 0.2) is 12.4 Å². The minimum atomic E-state index is -5.83. The largest absolute Gasteiger partial charge is 0.458 e. The van der Waals surface area contributed by atoms with Gasteiger partial charge in [0, 0.05) is 11.8 Å². The number of halogens is 2. The molecule has 4 saturated carbocycles. The molecule has 5 rings (SSSR count). The van der Waals surface area contributed by atoms with E-state index in [1.54, 1.807) is 6.92 Å². The van der Waals surface area contributed by atoms with E-state index >= 15 is 0 Å². The van der Waals surface area contributed by atoms with E-state index in [4.69, 9.17) is 23.5 Å². The summed E-state index contributed by atoms with van der Waals surface area (Å²) in [5.74, 6) is -4.86. The average Bonchev–Trinajstić information content (AvgIpc) is 3.65. The van der Waals surface area contributed by atoms with Gasteiger partial charge in [-0.05, 0) is 57.8 Å². The fourth-order valence-corrected chi connectivity index (χ4v) is 7.75. The van der Waals surface area contributed by atoms with Gasteiger partial charge >= 0.3 is 39.2 Å². The van der Waals surface area contributed by atoms with E-state index < -0.39 is 94.4 Å². The number of hydrogen-bond donors (Lipinski definition) is 1. The molecule has 1 heterocycles. The summed E-state index contributed by atoms with van der Waals surface area (Å²) in [6.45, 7) is 2.21. The van der Waals surface area contributed by atoms with Crippen molar-refractivity contribution in [2.75, 3.05) is 0 Å². The summed E-state index contributed by atoms with van der Waals surface area (Å²) in [5, 5.41) is -4.74. The molecule has 0 spiro atoms. The Bertz CT molecular complexity index is 1170. The number of fused-ring (bicyclic) bond motifs is 3. The van der Waals surface area contributed by atoms with Gasteiger partial charge in [-0.15, -0.1) is 0 Å². The zero-order valence-electron chi connectivity index (χ0n) is 21.9. The topological polar surface area (TPSA) is 169 Å². The van der Waals surface area contributed by atoms with Crippen molar-refractivity contribution in [1.82, 2.24) is 0 Å².